The maximum atomic E-state index is 13.8. The van der Waals surface area contributed by atoms with Crippen molar-refractivity contribution in [3.63, 3.8) is 0 Å². The topological polar surface area (TPSA) is 129 Å². The number of ketones is 1. The molecule has 2 aromatic rings. The minimum absolute atomic E-state index is 0.0648. The molecule has 0 radical (unpaired) electrons. The summed E-state index contributed by atoms with van der Waals surface area (Å²) in [5, 5.41) is 18.8. The molecular formula is C25H21F3N4O4S. The number of halogens is 3. The van der Waals surface area contributed by atoms with Crippen LogP contribution in [0.1, 0.15) is 42.0 Å². The van der Waals surface area contributed by atoms with E-state index < -0.39 is 40.9 Å². The summed E-state index contributed by atoms with van der Waals surface area (Å²) in [6, 6.07) is 9.93. The number of carbonyl (C=O) groups is 2. The number of nitrogens with zero attached hydrogens (tertiary/aromatic N) is 4. The van der Waals surface area contributed by atoms with Crippen LogP contribution < -0.4 is 4.90 Å². The van der Waals surface area contributed by atoms with Crippen molar-refractivity contribution >= 4 is 28.1 Å². The number of hydrogen-bond acceptors (Lipinski definition) is 6. The second kappa shape index (κ2) is 9.56. The van der Waals surface area contributed by atoms with Crippen molar-refractivity contribution in [1.29, 1.82) is 10.5 Å². The van der Waals surface area contributed by atoms with Gasteiger partial charge in [0.25, 0.3) is 0 Å². The summed E-state index contributed by atoms with van der Waals surface area (Å²) < 4.78 is 61.4. The first-order valence-corrected chi connectivity index (χ1v) is 13.0. The molecule has 37 heavy (non-hydrogen) atoms. The highest BCUT2D eigenvalue weighted by Gasteiger charge is 2.46. The fourth-order valence-electron chi connectivity index (χ4n) is 4.71. The fourth-order valence-corrected chi connectivity index (χ4v) is 5.69. The van der Waals surface area contributed by atoms with E-state index in [-0.39, 0.29) is 51.6 Å². The third-order valence-electron chi connectivity index (χ3n) is 6.25. The van der Waals surface area contributed by atoms with Crippen LogP contribution in [0.15, 0.2) is 58.6 Å². The van der Waals surface area contributed by atoms with Crippen molar-refractivity contribution < 1.29 is 31.9 Å². The number of nitriles is 2. The van der Waals surface area contributed by atoms with Crippen LogP contribution in [-0.4, -0.2) is 38.6 Å². The predicted molar refractivity (Wildman–Crippen MR) is 128 cm³/mol. The Labute approximate surface area is 212 Å². The molecule has 0 bridgehead atoms. The Morgan fingerprint density at radius 2 is 1.84 bits per heavy atom. The van der Waals surface area contributed by atoms with Crippen molar-refractivity contribution in [2.45, 2.75) is 36.4 Å². The lowest BCUT2D eigenvalue weighted by atomic mass is 9.83. The van der Waals surface area contributed by atoms with E-state index in [9.17, 15) is 42.4 Å². The maximum absolute atomic E-state index is 13.8. The molecule has 8 nitrogen and oxygen atoms in total. The highest BCUT2D eigenvalue weighted by atomic mass is 32.3. The van der Waals surface area contributed by atoms with Gasteiger partial charge in [0.05, 0.1) is 39.9 Å². The molecule has 0 fully saturated rings. The summed E-state index contributed by atoms with van der Waals surface area (Å²) >= 11 is 0. The number of urea groups is 1. The first-order chi connectivity index (χ1) is 17.4. The molecular weight excluding hydrogens is 509 g/mol. The van der Waals surface area contributed by atoms with Gasteiger partial charge in [-0.2, -0.15) is 34.3 Å². The molecule has 0 saturated carbocycles. The summed E-state index contributed by atoms with van der Waals surface area (Å²) in [5.74, 6) is -0.374. The monoisotopic (exact) mass is 530 g/mol. The number of benzene rings is 2. The number of amides is 2. The van der Waals surface area contributed by atoms with Crippen LogP contribution in [0, 0.1) is 22.7 Å². The second-order valence-electron chi connectivity index (χ2n) is 8.69. The van der Waals surface area contributed by atoms with Crippen molar-refractivity contribution in [3.8, 4) is 12.1 Å². The molecule has 0 spiro atoms. The van der Waals surface area contributed by atoms with E-state index in [2.05, 4.69) is 0 Å². The fraction of sp³-hybridized carbons (Fsp3) is 0.280. The van der Waals surface area contributed by atoms with Gasteiger partial charge in [-0.25, -0.2) is 4.79 Å². The number of rotatable bonds is 4. The highest BCUT2D eigenvalue weighted by Crippen LogP contribution is 2.52. The van der Waals surface area contributed by atoms with Gasteiger partial charge in [-0.3, -0.25) is 23.7 Å². The summed E-state index contributed by atoms with van der Waals surface area (Å²) in [6.07, 6.45) is -2.87. The molecule has 1 aliphatic heterocycles. The van der Waals surface area contributed by atoms with Gasteiger partial charge in [-0.15, -0.1) is 0 Å². The van der Waals surface area contributed by atoms with E-state index in [0.717, 1.165) is 34.3 Å². The first-order valence-electron chi connectivity index (χ1n) is 11.1. The number of Topliss-reactive ketones (excluding diaryl/α,β-unsaturated/α-hetero) is 1. The van der Waals surface area contributed by atoms with Gasteiger partial charge in [0, 0.05) is 29.5 Å². The summed E-state index contributed by atoms with van der Waals surface area (Å²) in [4.78, 5) is 29.1. The average Bonchev–Trinajstić information content (AvgIpc) is 2.84. The average molecular weight is 531 g/mol. The molecule has 0 aromatic heterocycles. The quantitative estimate of drug-likeness (QED) is 0.479. The van der Waals surface area contributed by atoms with Gasteiger partial charge in [0.15, 0.2) is 5.78 Å². The molecule has 0 unspecified atom stereocenters. The Bertz CT molecular complexity index is 1400. The second-order valence-corrected chi connectivity index (χ2v) is 10.8. The number of alkyl halides is 3. The molecule has 192 valence electrons. The Morgan fingerprint density at radius 1 is 1.11 bits per heavy atom. The predicted octanol–water partition coefficient (Wildman–Crippen LogP) is 5.83. The van der Waals surface area contributed by atoms with E-state index in [1.807, 2.05) is 12.1 Å². The van der Waals surface area contributed by atoms with Crippen molar-refractivity contribution in [3.05, 3.63) is 70.4 Å². The minimum atomic E-state index is -4.67. The molecule has 0 saturated heterocycles. The lowest BCUT2D eigenvalue weighted by Gasteiger charge is -2.45. The minimum Gasteiger partial charge on any atom is -0.299 e. The lowest BCUT2D eigenvalue weighted by molar-refractivity contribution is -0.137. The van der Waals surface area contributed by atoms with Crippen molar-refractivity contribution in [2.24, 2.45) is 0 Å². The van der Waals surface area contributed by atoms with Crippen LogP contribution >= 0.6 is 10.6 Å². The molecule has 2 N–H and O–H groups in total. The van der Waals surface area contributed by atoms with Gasteiger partial charge < -0.3 is 0 Å². The molecule has 2 aliphatic rings. The molecule has 1 aliphatic carbocycles. The Balaban J connectivity index is 2.01. The third kappa shape index (κ3) is 4.79. The zero-order chi connectivity index (χ0) is 27.1. The molecule has 4 rings (SSSR count). The Morgan fingerprint density at radius 3 is 2.46 bits per heavy atom. The van der Waals surface area contributed by atoms with Gasteiger partial charge in [-0.1, -0.05) is 12.1 Å². The SMILES string of the molecule is CS(O)(O)c1cc(C#N)ccc1[C@@H]1C2=C(CCCC2=O)N(c2cccc(C(F)(F)F)c2)C(=O)N1CC#N. The molecule has 2 amide bonds. The summed E-state index contributed by atoms with van der Waals surface area (Å²) in [7, 11) is -3.46. The highest BCUT2D eigenvalue weighted by molar-refractivity contribution is 8.23. The number of hydrogen-bond donors (Lipinski definition) is 2. The number of carbonyl (C=O) groups excluding carboxylic acids is 2. The van der Waals surface area contributed by atoms with E-state index in [4.69, 9.17) is 0 Å². The van der Waals surface area contributed by atoms with Crippen LogP contribution in [0.3, 0.4) is 0 Å². The van der Waals surface area contributed by atoms with E-state index in [1.54, 1.807) is 0 Å². The molecule has 12 heteroatoms. The Kier molecular flexibility index (Phi) is 6.78. The maximum Gasteiger partial charge on any atom is 0.416 e. The van der Waals surface area contributed by atoms with Crippen LogP contribution in [0.2, 0.25) is 0 Å². The number of anilines is 1. The van der Waals surface area contributed by atoms with Gasteiger partial charge in [0.2, 0.25) is 0 Å². The first kappa shape index (κ1) is 26.2. The lowest BCUT2D eigenvalue weighted by Crippen LogP contribution is -2.52. The van der Waals surface area contributed by atoms with Crippen molar-refractivity contribution in [2.75, 3.05) is 17.7 Å². The van der Waals surface area contributed by atoms with E-state index in [0.29, 0.717) is 6.42 Å². The normalized spacial score (nSPS) is 18.9. The standard InChI is InChI=1S/C25H21F3N4O4S/c1-37(35,36)21-12-15(14-30)8-9-18(21)23-22-19(6-3-7-20(22)33)32(24(34)31(23)11-10-29)17-5-2-4-16(13-17)25(26,27)28/h2,4-5,8-9,12-13,23,35-36H,3,6-7,11H2,1H3/t23-/m1/s1. The summed E-state index contributed by atoms with van der Waals surface area (Å²) in [6.45, 7) is -0.536. The molecule has 1 heterocycles. The van der Waals surface area contributed by atoms with Crippen LogP contribution in [0.25, 0.3) is 0 Å². The Hall–Kier alpha value is -3.84. The molecule has 2 aromatic carbocycles. The zero-order valence-electron chi connectivity index (χ0n) is 19.5. The van der Waals surface area contributed by atoms with Crippen LogP contribution in [0.5, 0.6) is 0 Å². The van der Waals surface area contributed by atoms with Crippen LogP contribution in [0.4, 0.5) is 23.7 Å². The van der Waals surface area contributed by atoms with E-state index in [1.165, 1.54) is 24.3 Å². The number of allylic oxidation sites excluding steroid dienone is 1. The third-order valence-corrected chi connectivity index (χ3v) is 7.43. The zero-order valence-corrected chi connectivity index (χ0v) is 20.3. The summed E-state index contributed by atoms with van der Waals surface area (Å²) in [5.41, 5.74) is -0.537. The molecule has 1 atom stereocenters. The van der Waals surface area contributed by atoms with Gasteiger partial charge >= 0.3 is 12.2 Å². The smallest absolute Gasteiger partial charge is 0.299 e. The van der Waals surface area contributed by atoms with Crippen LogP contribution in [-0.2, 0) is 11.0 Å². The van der Waals surface area contributed by atoms with Gasteiger partial charge in [0.1, 0.15) is 6.54 Å². The van der Waals surface area contributed by atoms with E-state index >= 15 is 0 Å². The van der Waals surface area contributed by atoms with Gasteiger partial charge in [-0.05, 0) is 43.2 Å². The largest absolute Gasteiger partial charge is 0.416 e. The van der Waals surface area contributed by atoms with Crippen molar-refractivity contribution in [1.82, 2.24) is 4.90 Å².